The lowest BCUT2D eigenvalue weighted by molar-refractivity contribution is -0.0916. The summed E-state index contributed by atoms with van der Waals surface area (Å²) in [6.45, 7) is 3.13. The lowest BCUT2D eigenvalue weighted by Gasteiger charge is -2.34. The van der Waals surface area contributed by atoms with Crippen molar-refractivity contribution < 1.29 is 19.4 Å². The Labute approximate surface area is 217 Å². The second-order valence-electron chi connectivity index (χ2n) is 9.02. The highest BCUT2D eigenvalue weighted by Crippen LogP contribution is 2.34. The Balaban J connectivity index is 1.42. The van der Waals surface area contributed by atoms with Gasteiger partial charge in [-0.05, 0) is 66.4 Å². The summed E-state index contributed by atoms with van der Waals surface area (Å²) in [5, 5.41) is 17.3. The molecule has 0 bridgehead atoms. The number of benzene rings is 3. The molecule has 0 aromatic heterocycles. The molecule has 190 valence electrons. The summed E-state index contributed by atoms with van der Waals surface area (Å²) in [5.74, 6) is 0.720. The number of carbonyl (C=O) groups excluding carboxylic acids is 1. The fourth-order valence-corrected chi connectivity index (χ4v) is 4.69. The minimum atomic E-state index is -0.460. The van der Waals surface area contributed by atoms with Crippen molar-refractivity contribution in [1.82, 2.24) is 5.32 Å². The monoisotopic (exact) mass is 508 g/mol. The van der Waals surface area contributed by atoms with E-state index in [0.29, 0.717) is 43.0 Å². The summed E-state index contributed by atoms with van der Waals surface area (Å²) in [6, 6.07) is 21.3. The summed E-state index contributed by atoms with van der Waals surface area (Å²) < 4.78 is 11.9. The number of nitrogens with one attached hydrogen (secondary N) is 2. The van der Waals surface area contributed by atoms with Crippen LogP contribution in [0.3, 0.4) is 0 Å². The molecule has 1 heterocycles. The van der Waals surface area contributed by atoms with Crippen LogP contribution in [0.2, 0.25) is 5.02 Å². The number of carbonyl (C=O) groups is 1. The predicted octanol–water partition coefficient (Wildman–Crippen LogP) is 5.38. The molecule has 1 aliphatic rings. The largest absolute Gasteiger partial charge is 0.494 e. The Morgan fingerprint density at radius 2 is 1.92 bits per heavy atom. The summed E-state index contributed by atoms with van der Waals surface area (Å²) in [6.07, 6.45) is 0.915. The number of ether oxygens (including phenoxy) is 2. The number of amides is 1. The normalized spacial score (nSPS) is 19.5. The Bertz CT molecular complexity index is 1170. The first-order valence-electron chi connectivity index (χ1n) is 12.3. The van der Waals surface area contributed by atoms with Gasteiger partial charge in [0, 0.05) is 42.7 Å². The van der Waals surface area contributed by atoms with Crippen LogP contribution in [0.4, 0.5) is 5.69 Å². The third kappa shape index (κ3) is 6.78. The van der Waals surface area contributed by atoms with Crippen molar-refractivity contribution in [3.63, 3.8) is 0 Å². The summed E-state index contributed by atoms with van der Waals surface area (Å²) in [4.78, 5) is 11.9. The maximum atomic E-state index is 11.9. The average Bonchev–Trinajstić information content (AvgIpc) is 2.89. The van der Waals surface area contributed by atoms with Gasteiger partial charge in [-0.2, -0.15) is 0 Å². The number of aliphatic hydroxyl groups excluding tert-OH is 1. The first kappa shape index (κ1) is 26.0. The summed E-state index contributed by atoms with van der Waals surface area (Å²) in [5.41, 5.74) is 4.59. The van der Waals surface area contributed by atoms with Gasteiger partial charge in [0.1, 0.15) is 5.75 Å². The van der Waals surface area contributed by atoms with Gasteiger partial charge in [0.05, 0.1) is 24.9 Å². The number of rotatable bonds is 9. The van der Waals surface area contributed by atoms with E-state index in [1.54, 1.807) is 13.1 Å². The molecule has 36 heavy (non-hydrogen) atoms. The van der Waals surface area contributed by atoms with Crippen LogP contribution >= 0.6 is 11.6 Å². The van der Waals surface area contributed by atoms with Gasteiger partial charge in [0.2, 0.25) is 0 Å². The topological polar surface area (TPSA) is 79.8 Å². The maximum Gasteiger partial charge on any atom is 0.251 e. The fraction of sp³-hybridized carbons (Fsp3) is 0.345. The van der Waals surface area contributed by atoms with Gasteiger partial charge in [0.25, 0.3) is 5.91 Å². The second kappa shape index (κ2) is 12.3. The molecule has 1 aliphatic heterocycles. The maximum absolute atomic E-state index is 11.9. The molecule has 0 aliphatic carbocycles. The molecular formula is C29H33ClN2O4. The van der Waals surface area contributed by atoms with Crippen molar-refractivity contribution in [1.29, 1.82) is 0 Å². The number of hydrogen-bond acceptors (Lipinski definition) is 5. The smallest absolute Gasteiger partial charge is 0.251 e. The van der Waals surface area contributed by atoms with E-state index >= 15 is 0 Å². The molecule has 3 unspecified atom stereocenters. The van der Waals surface area contributed by atoms with E-state index in [1.165, 1.54) is 0 Å². The molecule has 3 aromatic rings. The van der Waals surface area contributed by atoms with E-state index in [0.717, 1.165) is 28.1 Å². The Morgan fingerprint density at radius 3 is 2.67 bits per heavy atom. The van der Waals surface area contributed by atoms with E-state index in [2.05, 4.69) is 28.8 Å². The van der Waals surface area contributed by atoms with Crippen molar-refractivity contribution >= 4 is 23.2 Å². The molecule has 0 saturated carbocycles. The number of aliphatic hydroxyl groups is 1. The number of anilines is 1. The van der Waals surface area contributed by atoms with Crippen molar-refractivity contribution in [2.24, 2.45) is 0 Å². The molecule has 6 nitrogen and oxygen atoms in total. The van der Waals surface area contributed by atoms with Crippen molar-refractivity contribution in [2.75, 3.05) is 25.5 Å². The van der Waals surface area contributed by atoms with E-state index in [1.807, 2.05) is 49.4 Å². The SMILES string of the molecule is CCOc1ccc(Cc2cc(C3CC(O)CC(CNc4cccc(C(=O)NC)c4)O3)ccc2Cl)cc1. The molecule has 7 heteroatoms. The third-order valence-electron chi connectivity index (χ3n) is 6.33. The zero-order valence-electron chi connectivity index (χ0n) is 20.7. The van der Waals surface area contributed by atoms with Crippen LogP contribution in [0.25, 0.3) is 0 Å². The van der Waals surface area contributed by atoms with Gasteiger partial charge in [-0.1, -0.05) is 41.9 Å². The van der Waals surface area contributed by atoms with Crippen molar-refractivity contribution in [2.45, 2.75) is 44.5 Å². The Hall–Kier alpha value is -3.06. The number of hydrogen-bond donors (Lipinski definition) is 3. The van der Waals surface area contributed by atoms with Gasteiger partial charge >= 0.3 is 0 Å². The van der Waals surface area contributed by atoms with Crippen LogP contribution in [-0.2, 0) is 11.2 Å². The molecule has 3 atom stereocenters. The summed E-state index contributed by atoms with van der Waals surface area (Å²) >= 11 is 6.53. The molecule has 0 radical (unpaired) electrons. The van der Waals surface area contributed by atoms with Crippen LogP contribution < -0.4 is 15.4 Å². The van der Waals surface area contributed by atoms with Crippen LogP contribution in [0.1, 0.15) is 52.9 Å². The first-order valence-corrected chi connectivity index (χ1v) is 12.7. The molecule has 0 spiro atoms. The lowest BCUT2D eigenvalue weighted by atomic mass is 9.93. The molecular weight excluding hydrogens is 476 g/mol. The van der Waals surface area contributed by atoms with E-state index < -0.39 is 6.10 Å². The molecule has 4 rings (SSSR count). The highest BCUT2D eigenvalue weighted by Gasteiger charge is 2.29. The van der Waals surface area contributed by atoms with E-state index in [9.17, 15) is 9.90 Å². The minimum Gasteiger partial charge on any atom is -0.494 e. The van der Waals surface area contributed by atoms with Crippen LogP contribution in [0.5, 0.6) is 5.75 Å². The summed E-state index contributed by atoms with van der Waals surface area (Å²) in [7, 11) is 1.61. The lowest BCUT2D eigenvalue weighted by Crippen LogP contribution is -2.35. The van der Waals surface area contributed by atoms with Crippen molar-refractivity contribution in [3.8, 4) is 5.75 Å². The minimum absolute atomic E-state index is 0.133. The molecule has 1 amide bonds. The zero-order chi connectivity index (χ0) is 25.5. The number of halogens is 1. The Morgan fingerprint density at radius 1 is 1.11 bits per heavy atom. The molecule has 1 saturated heterocycles. The standard InChI is InChI=1S/C29H33ClN2O4/c1-3-35-25-10-7-19(8-11-25)13-22-14-20(9-12-27(22)30)28-17-24(33)16-26(36-28)18-32-23-6-4-5-21(15-23)29(34)31-2/h4-12,14-15,24,26,28,32-33H,3,13,16-18H2,1-2H3,(H,31,34). The van der Waals surface area contributed by atoms with Crippen molar-refractivity contribution in [3.05, 3.63) is 94.0 Å². The van der Waals surface area contributed by atoms with Crippen LogP contribution in [-0.4, -0.2) is 43.4 Å². The van der Waals surface area contributed by atoms with E-state index in [-0.39, 0.29) is 18.1 Å². The van der Waals surface area contributed by atoms with Gasteiger partial charge in [-0.15, -0.1) is 0 Å². The van der Waals surface area contributed by atoms with Gasteiger partial charge in [-0.3, -0.25) is 4.79 Å². The third-order valence-corrected chi connectivity index (χ3v) is 6.70. The highest BCUT2D eigenvalue weighted by molar-refractivity contribution is 6.31. The molecule has 3 aromatic carbocycles. The molecule has 3 N–H and O–H groups in total. The predicted molar refractivity (Wildman–Crippen MR) is 143 cm³/mol. The first-order chi connectivity index (χ1) is 17.4. The van der Waals surface area contributed by atoms with Gasteiger partial charge in [0.15, 0.2) is 0 Å². The zero-order valence-corrected chi connectivity index (χ0v) is 21.4. The fourth-order valence-electron chi connectivity index (χ4n) is 4.50. The van der Waals surface area contributed by atoms with Crippen LogP contribution in [0, 0.1) is 0 Å². The quantitative estimate of drug-likeness (QED) is 0.361. The average molecular weight is 509 g/mol. The van der Waals surface area contributed by atoms with Crippen LogP contribution in [0.15, 0.2) is 66.7 Å². The Kier molecular flexibility index (Phi) is 8.86. The second-order valence-corrected chi connectivity index (χ2v) is 9.42. The van der Waals surface area contributed by atoms with Gasteiger partial charge in [-0.25, -0.2) is 0 Å². The van der Waals surface area contributed by atoms with E-state index in [4.69, 9.17) is 21.1 Å². The van der Waals surface area contributed by atoms with Gasteiger partial charge < -0.3 is 25.2 Å². The highest BCUT2D eigenvalue weighted by atomic mass is 35.5. The molecule has 1 fully saturated rings.